The van der Waals surface area contributed by atoms with Crippen LogP contribution in [-0.2, 0) is 0 Å². The molecule has 0 aliphatic heterocycles. The van der Waals surface area contributed by atoms with Crippen LogP contribution >= 0.6 is 0 Å². The maximum atomic E-state index is 13.6. The smallest absolute Gasteiger partial charge is 0.131 e. The molecule has 0 nitrogen and oxygen atoms in total. The lowest BCUT2D eigenvalue weighted by Crippen LogP contribution is -2.30. The van der Waals surface area contributed by atoms with E-state index in [9.17, 15) is 8.78 Å². The number of hydrogen-bond donors (Lipinski definition) is 0. The first kappa shape index (κ1) is 18.2. The van der Waals surface area contributed by atoms with Crippen molar-refractivity contribution in [2.75, 3.05) is 0 Å². The molecular weight excluding hydrogens is 278 g/mol. The maximum absolute atomic E-state index is 13.6. The van der Waals surface area contributed by atoms with Crippen LogP contribution in [-0.4, -0.2) is 12.3 Å². The van der Waals surface area contributed by atoms with Gasteiger partial charge in [0.05, 0.1) is 0 Å². The fourth-order valence-corrected chi connectivity index (χ4v) is 4.87. The Hall–Kier alpha value is -0.140. The average molecular weight is 315 g/mol. The quantitative estimate of drug-likeness (QED) is 0.510. The average Bonchev–Trinajstić information content (AvgIpc) is 2.52. The Labute approximate surface area is 136 Å². The molecule has 0 aromatic rings. The van der Waals surface area contributed by atoms with E-state index >= 15 is 0 Å². The fraction of sp³-hybridized carbons (Fsp3) is 1.00. The molecule has 2 saturated carbocycles. The SMILES string of the molecule is CCC(CCC(C)C1CCC(F)C(F)C1)C1CCC(C)CC1. The Kier molecular flexibility index (Phi) is 7.15. The predicted octanol–water partition coefficient (Wildman–Crippen LogP) is 6.73. The molecule has 5 unspecified atom stereocenters. The predicted molar refractivity (Wildman–Crippen MR) is 90.4 cm³/mol. The number of halogens is 2. The van der Waals surface area contributed by atoms with Crippen LogP contribution < -0.4 is 0 Å². The summed E-state index contributed by atoms with van der Waals surface area (Å²) in [6, 6.07) is 0. The zero-order valence-corrected chi connectivity index (χ0v) is 14.9. The van der Waals surface area contributed by atoms with Crippen LogP contribution in [0.15, 0.2) is 0 Å². The van der Waals surface area contributed by atoms with Gasteiger partial charge in [0.1, 0.15) is 12.3 Å². The van der Waals surface area contributed by atoms with Crippen molar-refractivity contribution in [3.05, 3.63) is 0 Å². The number of alkyl halides is 2. The summed E-state index contributed by atoms with van der Waals surface area (Å²) in [7, 11) is 0. The van der Waals surface area contributed by atoms with Crippen LogP contribution in [0.3, 0.4) is 0 Å². The van der Waals surface area contributed by atoms with Crippen LogP contribution in [0.4, 0.5) is 8.78 Å². The molecule has 5 atom stereocenters. The molecular formula is C20H36F2. The lowest BCUT2D eigenvalue weighted by molar-refractivity contribution is 0.0671. The minimum absolute atomic E-state index is 0.408. The summed E-state index contributed by atoms with van der Waals surface area (Å²) < 4.78 is 26.9. The third-order valence-corrected chi connectivity index (χ3v) is 6.78. The van der Waals surface area contributed by atoms with E-state index in [1.165, 1.54) is 44.9 Å². The molecule has 2 rings (SSSR count). The molecule has 2 heteroatoms. The van der Waals surface area contributed by atoms with Gasteiger partial charge in [0.2, 0.25) is 0 Å². The lowest BCUT2D eigenvalue weighted by atomic mass is 9.71. The first-order chi connectivity index (χ1) is 10.5. The van der Waals surface area contributed by atoms with Crippen LogP contribution in [0.2, 0.25) is 0 Å². The van der Waals surface area contributed by atoms with Crippen molar-refractivity contribution in [2.45, 2.75) is 97.3 Å². The van der Waals surface area contributed by atoms with Gasteiger partial charge in [0.15, 0.2) is 0 Å². The second kappa shape index (κ2) is 8.64. The van der Waals surface area contributed by atoms with E-state index in [-0.39, 0.29) is 0 Å². The molecule has 0 amide bonds. The van der Waals surface area contributed by atoms with Gasteiger partial charge in [-0.1, -0.05) is 46.5 Å². The third kappa shape index (κ3) is 4.93. The highest BCUT2D eigenvalue weighted by molar-refractivity contribution is 4.83. The van der Waals surface area contributed by atoms with Crippen molar-refractivity contribution in [1.82, 2.24) is 0 Å². The molecule has 2 aliphatic carbocycles. The van der Waals surface area contributed by atoms with Gasteiger partial charge in [-0.15, -0.1) is 0 Å². The molecule has 0 bridgehead atoms. The normalized spacial score (nSPS) is 39.4. The number of rotatable bonds is 6. The Morgan fingerprint density at radius 3 is 2.09 bits per heavy atom. The minimum Gasteiger partial charge on any atom is -0.244 e. The Morgan fingerprint density at radius 1 is 0.864 bits per heavy atom. The molecule has 0 spiro atoms. The topological polar surface area (TPSA) is 0 Å². The summed E-state index contributed by atoms with van der Waals surface area (Å²) in [6.45, 7) is 6.98. The van der Waals surface area contributed by atoms with Gasteiger partial charge in [-0.2, -0.15) is 0 Å². The third-order valence-electron chi connectivity index (χ3n) is 6.78. The van der Waals surface area contributed by atoms with Crippen molar-refractivity contribution >= 4 is 0 Å². The van der Waals surface area contributed by atoms with Gasteiger partial charge in [-0.3, -0.25) is 0 Å². The van der Waals surface area contributed by atoms with Crippen LogP contribution in [0.5, 0.6) is 0 Å². The van der Waals surface area contributed by atoms with Crippen molar-refractivity contribution in [3.63, 3.8) is 0 Å². The maximum Gasteiger partial charge on any atom is 0.131 e. The van der Waals surface area contributed by atoms with E-state index < -0.39 is 12.3 Å². The fourth-order valence-electron chi connectivity index (χ4n) is 4.87. The van der Waals surface area contributed by atoms with Gasteiger partial charge >= 0.3 is 0 Å². The van der Waals surface area contributed by atoms with Gasteiger partial charge in [0.25, 0.3) is 0 Å². The second-order valence-electron chi connectivity index (χ2n) is 8.35. The summed E-state index contributed by atoms with van der Waals surface area (Å²) in [6.07, 6.45) is 8.80. The largest absolute Gasteiger partial charge is 0.244 e. The van der Waals surface area contributed by atoms with Crippen LogP contribution in [0, 0.1) is 29.6 Å². The number of hydrogen-bond acceptors (Lipinski definition) is 0. The zero-order chi connectivity index (χ0) is 16.1. The van der Waals surface area contributed by atoms with E-state index in [0.29, 0.717) is 24.7 Å². The molecule has 0 saturated heterocycles. The molecule has 0 heterocycles. The Bertz CT molecular complexity index is 309. The van der Waals surface area contributed by atoms with Gasteiger partial charge < -0.3 is 0 Å². The van der Waals surface area contributed by atoms with E-state index in [1.54, 1.807) is 0 Å². The van der Waals surface area contributed by atoms with Crippen molar-refractivity contribution in [2.24, 2.45) is 29.6 Å². The van der Waals surface area contributed by atoms with E-state index in [1.807, 2.05) is 0 Å². The zero-order valence-electron chi connectivity index (χ0n) is 14.9. The molecule has 2 aliphatic rings. The highest BCUT2D eigenvalue weighted by atomic mass is 19.2. The standard InChI is InChI=1S/C20H36F2/c1-4-16(17-8-5-14(2)6-9-17)10-7-15(3)18-11-12-19(21)20(22)13-18/h14-20H,4-13H2,1-3H3. The van der Waals surface area contributed by atoms with Gasteiger partial charge in [-0.25, -0.2) is 8.78 Å². The summed E-state index contributed by atoms with van der Waals surface area (Å²) >= 11 is 0. The highest BCUT2D eigenvalue weighted by Crippen LogP contribution is 2.39. The van der Waals surface area contributed by atoms with E-state index in [0.717, 1.165) is 24.2 Å². The molecule has 0 radical (unpaired) electrons. The molecule has 0 N–H and O–H groups in total. The van der Waals surface area contributed by atoms with Gasteiger partial charge in [-0.05, 0) is 68.1 Å². The molecule has 0 aromatic carbocycles. The molecule has 130 valence electrons. The summed E-state index contributed by atoms with van der Waals surface area (Å²) in [4.78, 5) is 0. The van der Waals surface area contributed by atoms with Crippen LogP contribution in [0.1, 0.15) is 85.0 Å². The van der Waals surface area contributed by atoms with Crippen molar-refractivity contribution < 1.29 is 8.78 Å². The molecule has 0 aromatic heterocycles. The summed E-state index contributed by atoms with van der Waals surface area (Å²) in [5, 5.41) is 0. The minimum atomic E-state index is -1.21. The van der Waals surface area contributed by atoms with Gasteiger partial charge in [0, 0.05) is 0 Å². The van der Waals surface area contributed by atoms with E-state index in [4.69, 9.17) is 0 Å². The van der Waals surface area contributed by atoms with Crippen molar-refractivity contribution in [3.8, 4) is 0 Å². The van der Waals surface area contributed by atoms with E-state index in [2.05, 4.69) is 20.8 Å². The highest BCUT2D eigenvalue weighted by Gasteiger charge is 2.33. The summed E-state index contributed by atoms with van der Waals surface area (Å²) in [5.41, 5.74) is 0. The second-order valence-corrected chi connectivity index (χ2v) is 8.35. The first-order valence-electron chi connectivity index (χ1n) is 9.79. The first-order valence-corrected chi connectivity index (χ1v) is 9.79. The molecule has 2 fully saturated rings. The lowest BCUT2D eigenvalue weighted by Gasteiger charge is -2.35. The Morgan fingerprint density at radius 2 is 1.50 bits per heavy atom. The Balaban J connectivity index is 1.75. The van der Waals surface area contributed by atoms with Crippen molar-refractivity contribution in [1.29, 1.82) is 0 Å². The summed E-state index contributed by atoms with van der Waals surface area (Å²) in [5.74, 6) is 3.66. The molecule has 22 heavy (non-hydrogen) atoms. The van der Waals surface area contributed by atoms with Crippen LogP contribution in [0.25, 0.3) is 0 Å². The monoisotopic (exact) mass is 314 g/mol.